The molecule has 0 fully saturated rings. The predicted molar refractivity (Wildman–Crippen MR) is 61.3 cm³/mol. The van der Waals surface area contributed by atoms with Gasteiger partial charge < -0.3 is 5.73 Å². The number of guanidine groups is 1. The van der Waals surface area contributed by atoms with Gasteiger partial charge in [-0.15, -0.1) is 0 Å². The number of carbonyl (C=O) groups is 1. The Labute approximate surface area is 95.9 Å². The van der Waals surface area contributed by atoms with E-state index in [1.165, 1.54) is 4.90 Å². The summed E-state index contributed by atoms with van der Waals surface area (Å²) in [6, 6.07) is 7.02. The van der Waals surface area contributed by atoms with E-state index in [4.69, 9.17) is 5.73 Å². The summed E-state index contributed by atoms with van der Waals surface area (Å²) >= 11 is 3.35. The summed E-state index contributed by atoms with van der Waals surface area (Å²) in [5.41, 5.74) is 6.43. The SMILES string of the molecule is CN1C(=O)C(c2cccc(Br)c2)N=C1N. The van der Waals surface area contributed by atoms with E-state index in [1.54, 1.807) is 7.05 Å². The third kappa shape index (κ3) is 1.74. The average molecular weight is 268 g/mol. The number of benzene rings is 1. The monoisotopic (exact) mass is 267 g/mol. The number of hydrogen-bond acceptors (Lipinski definition) is 3. The lowest BCUT2D eigenvalue weighted by Crippen LogP contribution is -2.34. The van der Waals surface area contributed by atoms with Gasteiger partial charge >= 0.3 is 0 Å². The standard InChI is InChI=1S/C10H10BrN3O/c1-14-9(15)8(13-10(14)12)6-3-2-4-7(11)5-6/h2-5,8H,1H3,(H2,12,13). The number of aliphatic imine (C=N–C) groups is 1. The van der Waals surface area contributed by atoms with Crippen molar-refractivity contribution in [3.05, 3.63) is 34.3 Å². The molecular weight excluding hydrogens is 258 g/mol. The summed E-state index contributed by atoms with van der Waals surface area (Å²) in [5, 5.41) is 0. The van der Waals surface area contributed by atoms with Crippen molar-refractivity contribution in [1.29, 1.82) is 0 Å². The van der Waals surface area contributed by atoms with Crippen LogP contribution in [0, 0.1) is 0 Å². The van der Waals surface area contributed by atoms with Crippen LogP contribution in [0.4, 0.5) is 0 Å². The number of halogens is 1. The van der Waals surface area contributed by atoms with Crippen LogP contribution in [0.25, 0.3) is 0 Å². The van der Waals surface area contributed by atoms with Gasteiger partial charge in [0.25, 0.3) is 5.91 Å². The number of nitrogens with two attached hydrogens (primary N) is 1. The van der Waals surface area contributed by atoms with Crippen LogP contribution in [0.5, 0.6) is 0 Å². The molecule has 5 heteroatoms. The number of carbonyl (C=O) groups excluding carboxylic acids is 1. The first kappa shape index (κ1) is 10.2. The molecule has 78 valence electrons. The molecule has 1 aliphatic rings. The maximum atomic E-state index is 11.7. The van der Waals surface area contributed by atoms with Gasteiger partial charge in [0.05, 0.1) is 0 Å². The van der Waals surface area contributed by atoms with E-state index in [9.17, 15) is 4.79 Å². The first-order valence-corrected chi connectivity index (χ1v) is 5.25. The van der Waals surface area contributed by atoms with Crippen molar-refractivity contribution in [2.75, 3.05) is 7.05 Å². The predicted octanol–water partition coefficient (Wildman–Crippen LogP) is 1.28. The Bertz CT molecular complexity index is 444. The lowest BCUT2D eigenvalue weighted by atomic mass is 10.1. The minimum Gasteiger partial charge on any atom is -0.369 e. The summed E-state index contributed by atoms with van der Waals surface area (Å²) in [6.45, 7) is 0. The second-order valence-electron chi connectivity index (χ2n) is 3.34. The zero-order valence-electron chi connectivity index (χ0n) is 8.14. The minimum atomic E-state index is -0.493. The lowest BCUT2D eigenvalue weighted by Gasteiger charge is -2.09. The molecule has 1 aromatic rings. The highest BCUT2D eigenvalue weighted by atomic mass is 79.9. The molecule has 0 aliphatic carbocycles. The second kappa shape index (κ2) is 3.66. The molecule has 15 heavy (non-hydrogen) atoms. The Hall–Kier alpha value is -1.36. The molecular formula is C10H10BrN3O. The smallest absolute Gasteiger partial charge is 0.258 e. The number of rotatable bonds is 1. The first-order valence-electron chi connectivity index (χ1n) is 4.46. The molecule has 0 radical (unpaired) electrons. The van der Waals surface area contributed by atoms with E-state index in [0.29, 0.717) is 0 Å². The third-order valence-corrected chi connectivity index (χ3v) is 2.83. The van der Waals surface area contributed by atoms with Crippen LogP contribution in [0.3, 0.4) is 0 Å². The van der Waals surface area contributed by atoms with Crippen molar-refractivity contribution in [2.45, 2.75) is 6.04 Å². The number of amides is 1. The highest BCUT2D eigenvalue weighted by Gasteiger charge is 2.31. The highest BCUT2D eigenvalue weighted by molar-refractivity contribution is 9.10. The summed E-state index contributed by atoms with van der Waals surface area (Å²) in [7, 11) is 1.62. The van der Waals surface area contributed by atoms with E-state index < -0.39 is 6.04 Å². The maximum absolute atomic E-state index is 11.7. The second-order valence-corrected chi connectivity index (χ2v) is 4.26. The van der Waals surface area contributed by atoms with Crippen molar-refractivity contribution < 1.29 is 4.79 Å². The van der Waals surface area contributed by atoms with Gasteiger partial charge in [-0.25, -0.2) is 4.99 Å². The van der Waals surface area contributed by atoms with Crippen molar-refractivity contribution in [3.63, 3.8) is 0 Å². The van der Waals surface area contributed by atoms with Crippen molar-refractivity contribution in [2.24, 2.45) is 10.7 Å². The number of nitrogens with zero attached hydrogens (tertiary/aromatic N) is 2. The topological polar surface area (TPSA) is 58.7 Å². The average Bonchev–Trinajstić information content (AvgIpc) is 2.46. The normalized spacial score (nSPS) is 20.7. The first-order chi connectivity index (χ1) is 7.09. The van der Waals surface area contributed by atoms with Crippen LogP contribution >= 0.6 is 15.9 Å². The Morgan fingerprint density at radius 2 is 2.27 bits per heavy atom. The molecule has 0 spiro atoms. The molecule has 0 saturated heterocycles. The van der Waals surface area contributed by atoms with E-state index in [-0.39, 0.29) is 11.9 Å². The quantitative estimate of drug-likeness (QED) is 0.834. The molecule has 2 N–H and O–H groups in total. The van der Waals surface area contributed by atoms with Gasteiger partial charge in [0.15, 0.2) is 12.0 Å². The van der Waals surface area contributed by atoms with E-state index in [0.717, 1.165) is 10.0 Å². The molecule has 1 aromatic carbocycles. The minimum absolute atomic E-state index is 0.0920. The number of hydrogen-bond donors (Lipinski definition) is 1. The zero-order valence-corrected chi connectivity index (χ0v) is 9.73. The highest BCUT2D eigenvalue weighted by Crippen LogP contribution is 2.26. The van der Waals surface area contributed by atoms with E-state index in [2.05, 4.69) is 20.9 Å². The fourth-order valence-electron chi connectivity index (χ4n) is 1.46. The van der Waals surface area contributed by atoms with Crippen molar-refractivity contribution >= 4 is 27.8 Å². The van der Waals surface area contributed by atoms with Gasteiger partial charge in [0.2, 0.25) is 0 Å². The molecule has 1 atom stereocenters. The molecule has 0 bridgehead atoms. The summed E-state index contributed by atoms with van der Waals surface area (Å²) < 4.78 is 0.927. The molecule has 1 heterocycles. The maximum Gasteiger partial charge on any atom is 0.258 e. The summed E-state index contributed by atoms with van der Waals surface area (Å²) in [5.74, 6) is 0.176. The third-order valence-electron chi connectivity index (χ3n) is 2.33. The number of likely N-dealkylation sites (N-methyl/N-ethyl adjacent to an activating group) is 1. The molecule has 4 nitrogen and oxygen atoms in total. The molecule has 1 amide bonds. The lowest BCUT2D eigenvalue weighted by molar-refractivity contribution is -0.126. The molecule has 2 rings (SSSR count). The fraction of sp³-hybridized carbons (Fsp3) is 0.200. The van der Waals surface area contributed by atoms with Crippen LogP contribution < -0.4 is 5.73 Å². The zero-order chi connectivity index (χ0) is 11.0. The van der Waals surface area contributed by atoms with Crippen LogP contribution in [0.2, 0.25) is 0 Å². The van der Waals surface area contributed by atoms with Gasteiger partial charge in [-0.1, -0.05) is 28.1 Å². The summed E-state index contributed by atoms with van der Waals surface area (Å²) in [4.78, 5) is 17.2. The Kier molecular flexibility index (Phi) is 2.48. The van der Waals surface area contributed by atoms with Crippen LogP contribution in [-0.4, -0.2) is 23.8 Å². The van der Waals surface area contributed by atoms with Crippen LogP contribution in [0.1, 0.15) is 11.6 Å². The van der Waals surface area contributed by atoms with Crippen molar-refractivity contribution in [1.82, 2.24) is 4.90 Å². The fourth-order valence-corrected chi connectivity index (χ4v) is 1.88. The molecule has 0 aromatic heterocycles. The largest absolute Gasteiger partial charge is 0.369 e. The van der Waals surface area contributed by atoms with Gasteiger partial charge in [-0.3, -0.25) is 9.69 Å². The van der Waals surface area contributed by atoms with Crippen LogP contribution in [0.15, 0.2) is 33.7 Å². The Morgan fingerprint density at radius 3 is 2.80 bits per heavy atom. The molecule has 1 aliphatic heterocycles. The van der Waals surface area contributed by atoms with Crippen molar-refractivity contribution in [3.8, 4) is 0 Å². The summed E-state index contributed by atoms with van der Waals surface area (Å²) in [6.07, 6.45) is 0. The van der Waals surface area contributed by atoms with Gasteiger partial charge in [-0.2, -0.15) is 0 Å². The molecule has 1 unspecified atom stereocenters. The van der Waals surface area contributed by atoms with Gasteiger partial charge in [0, 0.05) is 11.5 Å². The van der Waals surface area contributed by atoms with Gasteiger partial charge in [-0.05, 0) is 17.7 Å². The van der Waals surface area contributed by atoms with Gasteiger partial charge in [0.1, 0.15) is 0 Å². The Morgan fingerprint density at radius 1 is 1.53 bits per heavy atom. The van der Waals surface area contributed by atoms with E-state index >= 15 is 0 Å². The van der Waals surface area contributed by atoms with Crippen LogP contribution in [-0.2, 0) is 4.79 Å². The Balaban J connectivity index is 2.37. The molecule has 0 saturated carbocycles. The van der Waals surface area contributed by atoms with E-state index in [1.807, 2.05) is 24.3 Å².